The third-order valence-corrected chi connectivity index (χ3v) is 0. The number of hydrogen-bond acceptors (Lipinski definition) is 2. The summed E-state index contributed by atoms with van der Waals surface area (Å²) in [5, 5.41) is 0. The number of nitrogens with zero attached hydrogens (tertiary/aromatic N) is 1. The van der Waals surface area contributed by atoms with Crippen LogP contribution in [0.1, 0.15) is 0 Å². The van der Waals surface area contributed by atoms with Crippen LogP contribution in [0.5, 0.6) is 0 Å². The topological polar surface area (TPSA) is 111 Å². The molecule has 0 fully saturated rings. The van der Waals surface area contributed by atoms with Gasteiger partial charge in [0.15, 0.2) is 0 Å². The van der Waals surface area contributed by atoms with Gasteiger partial charge in [-0.3, -0.25) is 4.57 Å². The maximum absolute atomic E-state index is 8.77. The van der Waals surface area contributed by atoms with Crippen LogP contribution < -0.4 is 4.89 Å². The molecular weight excluding hydrogens is 157 g/mol. The zero-order valence-corrected chi connectivity index (χ0v) is 5.56. The third kappa shape index (κ3) is 252. The molecule has 0 spiro atoms. The van der Waals surface area contributed by atoms with Crippen LogP contribution in [0.25, 0.3) is 6.15 Å². The summed E-state index contributed by atoms with van der Waals surface area (Å²) in [6, 6.07) is 0. The molecule has 2 N–H and O–H groups in total. The first-order chi connectivity index (χ1) is 2.00. The predicted octanol–water partition coefficient (Wildman–Crippen LogP) is -1.27. The van der Waals surface area contributed by atoms with E-state index in [9.17, 15) is 0 Å². The van der Waals surface area contributed by atoms with E-state index < -0.39 is 7.82 Å². The van der Waals surface area contributed by atoms with Gasteiger partial charge >= 0.3 is 21.7 Å². The van der Waals surface area contributed by atoms with Crippen molar-refractivity contribution in [2.75, 3.05) is 0 Å². The van der Waals surface area contributed by atoms with Gasteiger partial charge in [0, 0.05) is 0 Å². The molecule has 0 rings (SSSR count). The van der Waals surface area contributed by atoms with E-state index in [0.29, 0.717) is 0 Å². The van der Waals surface area contributed by atoms with Gasteiger partial charge in [-0.15, -0.1) is 0 Å². The molecule has 0 radical (unpaired) electrons. The number of phosphoric acid groups is 1. The van der Waals surface area contributed by atoms with Crippen LogP contribution >= 0.6 is 7.82 Å². The zero-order valence-electron chi connectivity index (χ0n) is 3.11. The van der Waals surface area contributed by atoms with E-state index in [1.807, 2.05) is 0 Å². The Hall–Kier alpha value is 0.784. The normalized spacial score (nSPS) is 8.43. The number of rotatable bonds is 0. The first-order valence-corrected chi connectivity index (χ1v) is 2.30. The van der Waals surface area contributed by atoms with Gasteiger partial charge in [-0.2, -0.15) is 0 Å². The molecule has 7 heteroatoms. The fourth-order valence-corrected chi connectivity index (χ4v) is 0. The first-order valence-electron chi connectivity index (χ1n) is 0.765. The summed E-state index contributed by atoms with van der Waals surface area (Å²) < 4.78 is 8.77. The second kappa shape index (κ2) is 4.93. The summed E-state index contributed by atoms with van der Waals surface area (Å²) in [5.41, 5.74) is 0. The first kappa shape index (κ1) is 15.7. The maximum atomic E-state index is 8.77. The van der Waals surface area contributed by atoms with E-state index in [-0.39, 0.29) is 27.9 Å². The summed E-state index contributed by atoms with van der Waals surface area (Å²) in [6.45, 7) is 0. The van der Waals surface area contributed by atoms with Crippen molar-refractivity contribution in [3.63, 3.8) is 0 Å². The summed E-state index contributed by atoms with van der Waals surface area (Å²) in [5.74, 6) is 0. The Kier molecular flexibility index (Phi) is 11.0. The van der Waals surface area contributed by atoms with Crippen LogP contribution in [-0.2, 0) is 26.3 Å². The molecule has 0 unspecified atom stereocenters. The van der Waals surface area contributed by atoms with Crippen LogP contribution in [-0.4, -0.2) is 9.79 Å². The van der Waals surface area contributed by atoms with Crippen LogP contribution in [0.2, 0.25) is 0 Å². The Morgan fingerprint density at radius 2 is 1.43 bits per heavy atom. The van der Waals surface area contributed by atoms with Crippen molar-refractivity contribution < 1.29 is 41.0 Å². The molecule has 0 atom stereocenters. The van der Waals surface area contributed by atoms with E-state index in [0.717, 1.165) is 0 Å². The van der Waals surface area contributed by atoms with Gasteiger partial charge in [0.05, 0.1) is 0 Å². The molecule has 0 aliphatic rings. The van der Waals surface area contributed by atoms with E-state index >= 15 is 0 Å². The summed E-state index contributed by atoms with van der Waals surface area (Å²) in [7, 11) is -4.89. The molecule has 0 aromatic carbocycles. The molecule has 0 aliphatic heterocycles. The van der Waals surface area contributed by atoms with Crippen molar-refractivity contribution in [1.82, 2.24) is 0 Å². The molecule has 0 aliphatic carbocycles. The Balaban J connectivity index is -0.0000000800. The number of hydrogen-bond donors (Lipinski definition) is 2. The molecule has 7 heavy (non-hydrogen) atoms. The minimum Gasteiger partial charge on any atom is -3.00 e. The van der Waals surface area contributed by atoms with E-state index in [2.05, 4.69) is 0 Å². The molecule has 5 nitrogen and oxygen atoms in total. The van der Waals surface area contributed by atoms with E-state index in [4.69, 9.17) is 19.2 Å². The fourth-order valence-electron chi connectivity index (χ4n) is 0. The standard InChI is InChI=1S/N.H3O4P.Ti/c;1-5(2,3)4;/h;(H3,1,2,3,4);/q-3;;+4/p-1. The SMILES string of the molecule is O=P([O-])(O)O.[N-3].[Ti+4]. The Morgan fingerprint density at radius 3 is 1.43 bits per heavy atom. The smallest absolute Gasteiger partial charge is 3.00 e. The van der Waals surface area contributed by atoms with Gasteiger partial charge in [-0.1, -0.05) is 0 Å². The Bertz CT molecular complexity index is 57.8. The molecule has 0 bridgehead atoms. The van der Waals surface area contributed by atoms with Crippen molar-refractivity contribution in [3.8, 4) is 0 Å². The van der Waals surface area contributed by atoms with Crippen LogP contribution in [0, 0.1) is 0 Å². The van der Waals surface area contributed by atoms with Crippen molar-refractivity contribution >= 4 is 7.82 Å². The van der Waals surface area contributed by atoms with Gasteiger partial charge in [0.2, 0.25) is 0 Å². The monoisotopic (exact) mass is 159 g/mol. The predicted molar refractivity (Wildman–Crippen MR) is 15.4 cm³/mol. The van der Waals surface area contributed by atoms with Crippen molar-refractivity contribution in [2.24, 2.45) is 0 Å². The molecule has 40 valence electrons. The molecule has 0 saturated carbocycles. The fraction of sp³-hybridized carbons (Fsp3) is 0. The van der Waals surface area contributed by atoms with Crippen LogP contribution in [0.15, 0.2) is 0 Å². The largest absolute Gasteiger partial charge is 4.00 e. The van der Waals surface area contributed by atoms with Crippen molar-refractivity contribution in [1.29, 1.82) is 0 Å². The average Bonchev–Trinajstić information content (AvgIpc) is 0.722. The maximum Gasteiger partial charge on any atom is 4.00 e. The summed E-state index contributed by atoms with van der Waals surface area (Å²) in [4.78, 5) is 22.9. The zero-order chi connectivity index (χ0) is 4.50. The molecule has 0 saturated heterocycles. The van der Waals surface area contributed by atoms with Crippen molar-refractivity contribution in [2.45, 2.75) is 0 Å². The third-order valence-electron chi connectivity index (χ3n) is 0. The van der Waals surface area contributed by atoms with Crippen LogP contribution in [0.4, 0.5) is 0 Å². The molecule has 0 amide bonds. The van der Waals surface area contributed by atoms with E-state index in [1.54, 1.807) is 0 Å². The van der Waals surface area contributed by atoms with Crippen molar-refractivity contribution in [3.05, 3.63) is 6.15 Å². The summed E-state index contributed by atoms with van der Waals surface area (Å²) in [6.07, 6.45) is 0. The van der Waals surface area contributed by atoms with Crippen LogP contribution in [0.3, 0.4) is 0 Å². The van der Waals surface area contributed by atoms with Gasteiger partial charge < -0.3 is 20.8 Å². The molecule has 0 heterocycles. The molecule has 0 aromatic rings. The molecular formula is H2NO4PTi. The van der Waals surface area contributed by atoms with E-state index in [1.165, 1.54) is 0 Å². The van der Waals surface area contributed by atoms with Gasteiger partial charge in [-0.05, 0) is 0 Å². The van der Waals surface area contributed by atoms with Gasteiger partial charge in [-0.25, -0.2) is 0 Å². The Labute approximate surface area is 55.4 Å². The van der Waals surface area contributed by atoms with Gasteiger partial charge in [0.1, 0.15) is 0 Å². The molecule has 0 aromatic heterocycles. The Morgan fingerprint density at radius 1 is 1.43 bits per heavy atom. The minimum absolute atomic E-state index is 0. The minimum atomic E-state index is -4.89. The second-order valence-electron chi connectivity index (χ2n) is 0.491. The quantitative estimate of drug-likeness (QED) is 0.338. The average molecular weight is 159 g/mol. The second-order valence-corrected chi connectivity index (χ2v) is 1.47. The van der Waals surface area contributed by atoms with Gasteiger partial charge in [0.25, 0.3) is 7.82 Å². The summed E-state index contributed by atoms with van der Waals surface area (Å²) >= 11 is 0.